The van der Waals surface area contributed by atoms with Crippen molar-refractivity contribution in [3.8, 4) is 0 Å². The number of nitro groups is 1. The average Bonchev–Trinajstić information content (AvgIpc) is 2.27. The number of rotatable bonds is 5. The number of nitrogens with one attached hydrogen (secondary N) is 1. The molecule has 0 saturated carbocycles. The number of hydrogen-bond acceptors (Lipinski definition) is 5. The molecule has 0 unspecified atom stereocenters. The second-order valence-corrected chi connectivity index (χ2v) is 3.56. The Bertz CT molecular complexity index is 430. The van der Waals surface area contributed by atoms with Gasteiger partial charge in [-0.2, -0.15) is 0 Å². The topological polar surface area (TPSA) is 88.3 Å². The van der Waals surface area contributed by atoms with E-state index in [0.717, 1.165) is 12.3 Å². The van der Waals surface area contributed by atoms with E-state index < -0.39 is 24.0 Å². The lowest BCUT2D eigenvalue weighted by atomic mass is 10.3. The third kappa shape index (κ3) is 3.75. The van der Waals surface area contributed by atoms with Crippen molar-refractivity contribution in [3.05, 3.63) is 27.4 Å². The first-order valence-corrected chi connectivity index (χ1v) is 4.76. The molecule has 9 heteroatoms. The Kier molecular flexibility index (Phi) is 4.13. The number of aromatic nitrogens is 1. The van der Waals surface area contributed by atoms with E-state index >= 15 is 0 Å². The molecule has 0 aliphatic rings. The number of anilines is 1. The van der Waals surface area contributed by atoms with E-state index in [-0.39, 0.29) is 16.5 Å². The highest BCUT2D eigenvalue weighted by molar-refractivity contribution is 6.33. The van der Waals surface area contributed by atoms with E-state index in [4.69, 9.17) is 16.7 Å². The van der Waals surface area contributed by atoms with Gasteiger partial charge in [0.25, 0.3) is 11.6 Å². The molecule has 1 aromatic rings. The third-order valence-corrected chi connectivity index (χ3v) is 2.07. The molecule has 0 amide bonds. The van der Waals surface area contributed by atoms with Crippen molar-refractivity contribution >= 4 is 23.1 Å². The molecule has 0 aromatic carbocycles. The quantitative estimate of drug-likeness (QED) is 0.626. The first kappa shape index (κ1) is 13.5. The van der Waals surface area contributed by atoms with Crippen LogP contribution in [-0.4, -0.2) is 34.1 Å². The van der Waals surface area contributed by atoms with Crippen molar-refractivity contribution in [1.29, 1.82) is 0 Å². The van der Waals surface area contributed by atoms with Crippen molar-refractivity contribution in [1.82, 2.24) is 4.98 Å². The number of alkyl halides is 2. The van der Waals surface area contributed by atoms with Crippen molar-refractivity contribution in [2.75, 3.05) is 18.5 Å². The predicted molar refractivity (Wildman–Crippen MR) is 56.4 cm³/mol. The Morgan fingerprint density at radius 1 is 1.65 bits per heavy atom. The van der Waals surface area contributed by atoms with Gasteiger partial charge in [-0.05, 0) is 0 Å². The van der Waals surface area contributed by atoms with E-state index in [0.29, 0.717) is 0 Å². The van der Waals surface area contributed by atoms with Crippen molar-refractivity contribution in [2.24, 2.45) is 0 Å². The van der Waals surface area contributed by atoms with Gasteiger partial charge in [-0.25, -0.2) is 13.8 Å². The standard InChI is InChI=1S/C8H8ClF2N3O3/c9-6-1-5(14(16)17)2-12-7(6)13-3-8(10,11)4-15/h1-2,15H,3-4H2,(H,12,13). The molecule has 0 fully saturated rings. The zero-order valence-corrected chi connectivity index (χ0v) is 9.12. The second kappa shape index (κ2) is 5.19. The van der Waals surface area contributed by atoms with Crippen LogP contribution in [0.2, 0.25) is 5.02 Å². The van der Waals surface area contributed by atoms with Crippen LogP contribution < -0.4 is 5.32 Å². The van der Waals surface area contributed by atoms with Gasteiger partial charge in [-0.15, -0.1) is 0 Å². The Balaban J connectivity index is 2.77. The monoisotopic (exact) mass is 267 g/mol. The summed E-state index contributed by atoms with van der Waals surface area (Å²) in [5.74, 6) is -3.42. The van der Waals surface area contributed by atoms with Crippen LogP contribution in [0.25, 0.3) is 0 Å². The predicted octanol–water partition coefficient (Wildman–Crippen LogP) is 1.68. The number of aliphatic hydroxyl groups excluding tert-OH is 1. The van der Waals surface area contributed by atoms with E-state index in [9.17, 15) is 18.9 Å². The van der Waals surface area contributed by atoms with Crippen LogP contribution in [0, 0.1) is 10.1 Å². The van der Waals surface area contributed by atoms with Gasteiger partial charge in [-0.1, -0.05) is 11.6 Å². The maximum atomic E-state index is 12.7. The number of pyridine rings is 1. The van der Waals surface area contributed by atoms with Gasteiger partial charge in [0.15, 0.2) is 0 Å². The molecule has 2 N–H and O–H groups in total. The molecular weight excluding hydrogens is 260 g/mol. The molecule has 6 nitrogen and oxygen atoms in total. The number of nitrogens with zero attached hydrogens (tertiary/aromatic N) is 2. The molecule has 0 aliphatic carbocycles. The van der Waals surface area contributed by atoms with Crippen LogP contribution in [0.5, 0.6) is 0 Å². The van der Waals surface area contributed by atoms with Gasteiger partial charge < -0.3 is 10.4 Å². The minimum atomic E-state index is -3.31. The highest BCUT2D eigenvalue weighted by Crippen LogP contribution is 2.24. The van der Waals surface area contributed by atoms with Gasteiger partial charge in [-0.3, -0.25) is 10.1 Å². The molecule has 0 radical (unpaired) electrons. The second-order valence-electron chi connectivity index (χ2n) is 3.15. The maximum absolute atomic E-state index is 12.7. The lowest BCUT2D eigenvalue weighted by molar-refractivity contribution is -0.385. The Morgan fingerprint density at radius 2 is 2.29 bits per heavy atom. The summed E-state index contributed by atoms with van der Waals surface area (Å²) in [5.41, 5.74) is -0.338. The van der Waals surface area contributed by atoms with Gasteiger partial charge in [0, 0.05) is 6.07 Å². The molecule has 0 aliphatic heterocycles. The minimum Gasteiger partial charge on any atom is -0.390 e. The molecular formula is C8H8ClF2N3O3. The summed E-state index contributed by atoms with van der Waals surface area (Å²) in [5, 5.41) is 20.7. The molecule has 0 saturated heterocycles. The molecule has 94 valence electrons. The lowest BCUT2D eigenvalue weighted by Gasteiger charge is -2.14. The van der Waals surface area contributed by atoms with Crippen LogP contribution in [0.4, 0.5) is 20.3 Å². The molecule has 0 spiro atoms. The minimum absolute atomic E-state index is 0.106. The fourth-order valence-electron chi connectivity index (χ4n) is 0.927. The molecule has 1 rings (SSSR count). The van der Waals surface area contributed by atoms with Gasteiger partial charge >= 0.3 is 0 Å². The van der Waals surface area contributed by atoms with Crippen molar-refractivity contribution in [3.63, 3.8) is 0 Å². The SMILES string of the molecule is O=[N+]([O-])c1cnc(NCC(F)(F)CO)c(Cl)c1. The van der Waals surface area contributed by atoms with E-state index in [1.165, 1.54) is 0 Å². The van der Waals surface area contributed by atoms with Crippen molar-refractivity contribution < 1.29 is 18.8 Å². The molecule has 0 bridgehead atoms. The van der Waals surface area contributed by atoms with E-state index in [1.54, 1.807) is 0 Å². The summed E-state index contributed by atoms with van der Waals surface area (Å²) in [6.45, 7) is -2.18. The lowest BCUT2D eigenvalue weighted by Crippen LogP contribution is -2.31. The number of hydrogen-bond donors (Lipinski definition) is 2. The van der Waals surface area contributed by atoms with Crippen LogP contribution in [0.15, 0.2) is 12.3 Å². The zero-order chi connectivity index (χ0) is 13.1. The Morgan fingerprint density at radius 3 is 2.76 bits per heavy atom. The maximum Gasteiger partial charge on any atom is 0.289 e. The smallest absolute Gasteiger partial charge is 0.289 e. The van der Waals surface area contributed by atoms with E-state index in [1.807, 2.05) is 0 Å². The number of halogens is 3. The Hall–Kier alpha value is -1.54. The summed E-state index contributed by atoms with van der Waals surface area (Å²) in [6.07, 6.45) is 0.894. The van der Waals surface area contributed by atoms with Crippen LogP contribution >= 0.6 is 11.6 Å². The van der Waals surface area contributed by atoms with Crippen molar-refractivity contribution in [2.45, 2.75) is 5.92 Å². The fraction of sp³-hybridized carbons (Fsp3) is 0.375. The highest BCUT2D eigenvalue weighted by Gasteiger charge is 2.27. The Labute approximate surface area is 99.4 Å². The average molecular weight is 268 g/mol. The molecule has 17 heavy (non-hydrogen) atoms. The summed E-state index contributed by atoms with van der Waals surface area (Å²) < 4.78 is 25.4. The molecule has 1 heterocycles. The normalized spacial score (nSPS) is 11.3. The first-order valence-electron chi connectivity index (χ1n) is 4.38. The van der Waals surface area contributed by atoms with Gasteiger partial charge in [0.1, 0.15) is 18.6 Å². The largest absolute Gasteiger partial charge is 0.390 e. The van der Waals surface area contributed by atoms with E-state index in [2.05, 4.69) is 10.3 Å². The summed E-state index contributed by atoms with van der Waals surface area (Å²) in [6, 6.07) is 0.994. The fourth-order valence-corrected chi connectivity index (χ4v) is 1.15. The molecule has 0 atom stereocenters. The van der Waals surface area contributed by atoms with Gasteiger partial charge in [0.2, 0.25) is 0 Å². The number of aliphatic hydroxyl groups is 1. The third-order valence-electron chi connectivity index (χ3n) is 1.78. The van der Waals surface area contributed by atoms with Crippen LogP contribution in [0.1, 0.15) is 0 Å². The highest BCUT2D eigenvalue weighted by atomic mass is 35.5. The van der Waals surface area contributed by atoms with Gasteiger partial charge in [0.05, 0.1) is 16.5 Å². The summed E-state index contributed by atoms with van der Waals surface area (Å²) >= 11 is 5.61. The van der Waals surface area contributed by atoms with Crippen LogP contribution in [0.3, 0.4) is 0 Å². The summed E-state index contributed by atoms with van der Waals surface area (Å²) in [7, 11) is 0. The summed E-state index contributed by atoms with van der Waals surface area (Å²) in [4.78, 5) is 13.2. The molecule has 1 aromatic heterocycles. The van der Waals surface area contributed by atoms with Crippen LogP contribution in [-0.2, 0) is 0 Å². The first-order chi connectivity index (χ1) is 7.85. The zero-order valence-electron chi connectivity index (χ0n) is 8.36.